The van der Waals surface area contributed by atoms with Gasteiger partial charge in [-0.05, 0) is 12.8 Å². The average Bonchev–Trinajstić information content (AvgIpc) is 2.27. The van der Waals surface area contributed by atoms with Gasteiger partial charge in [0.25, 0.3) is 5.79 Å². The van der Waals surface area contributed by atoms with Crippen molar-refractivity contribution in [2.24, 2.45) is 0 Å². The van der Waals surface area contributed by atoms with E-state index in [0.717, 1.165) is 25.7 Å². The van der Waals surface area contributed by atoms with Gasteiger partial charge in [0.1, 0.15) is 0 Å². The van der Waals surface area contributed by atoms with Gasteiger partial charge in [-0.15, -0.1) is 0 Å². The lowest BCUT2D eigenvalue weighted by Gasteiger charge is -2.28. The van der Waals surface area contributed by atoms with E-state index in [-0.39, 0.29) is 17.4 Å². The maximum Gasteiger partial charge on any atom is 0.364 e. The fraction of sp³-hybridized carbons (Fsp3) is 0.917. The van der Waals surface area contributed by atoms with Gasteiger partial charge >= 0.3 is 5.97 Å². The summed E-state index contributed by atoms with van der Waals surface area (Å²) in [7, 11) is 0. The molecular weight excluding hydrogens is 235 g/mol. The minimum Gasteiger partial charge on any atom is -0.477 e. The van der Waals surface area contributed by atoms with Crippen molar-refractivity contribution in [3.63, 3.8) is 0 Å². The Labute approximate surface area is 115 Å². The van der Waals surface area contributed by atoms with E-state index in [1.165, 1.54) is 0 Å². The van der Waals surface area contributed by atoms with E-state index in [9.17, 15) is 9.90 Å². The van der Waals surface area contributed by atoms with Crippen molar-refractivity contribution in [2.45, 2.75) is 58.7 Å². The van der Waals surface area contributed by atoms with Crippen LogP contribution in [0.4, 0.5) is 0 Å². The fourth-order valence-electron chi connectivity index (χ4n) is 1.28. The van der Waals surface area contributed by atoms with Crippen LogP contribution in [-0.4, -0.2) is 47.4 Å². The van der Waals surface area contributed by atoms with Gasteiger partial charge < -0.3 is 14.6 Å². The second-order valence-electron chi connectivity index (χ2n) is 3.82. The van der Waals surface area contributed by atoms with Crippen molar-refractivity contribution >= 4 is 23.3 Å². The zero-order chi connectivity index (χ0) is 12.4. The highest BCUT2D eigenvalue weighted by Gasteiger charge is 2.39. The molecule has 0 aliphatic rings. The van der Waals surface area contributed by atoms with Gasteiger partial charge in [-0.25, -0.2) is 4.79 Å². The van der Waals surface area contributed by atoms with Crippen molar-refractivity contribution in [2.75, 3.05) is 13.2 Å². The van der Waals surface area contributed by atoms with Crippen molar-refractivity contribution in [3.05, 3.63) is 0 Å². The molecule has 4 nitrogen and oxygen atoms in total. The predicted molar refractivity (Wildman–Crippen MR) is 72.3 cm³/mol. The minimum atomic E-state index is -1.44. The topological polar surface area (TPSA) is 55.8 Å². The number of carboxylic acid groups (broad SMARTS) is 1. The molecule has 0 radical (unpaired) electrons. The summed E-state index contributed by atoms with van der Waals surface area (Å²) in [6.45, 7) is 6.71. The molecule has 0 saturated carbocycles. The molecule has 0 atom stereocenters. The summed E-state index contributed by atoms with van der Waals surface area (Å²) in [5.74, 6) is -2.47. The Bertz CT molecular complexity index is 187. The summed E-state index contributed by atoms with van der Waals surface area (Å²) < 4.78 is 10.8. The van der Waals surface area contributed by atoms with Crippen LogP contribution in [0.3, 0.4) is 0 Å². The first-order chi connectivity index (χ1) is 7.63. The van der Waals surface area contributed by atoms with Crippen LogP contribution in [-0.2, 0) is 14.3 Å². The highest BCUT2D eigenvalue weighted by atomic mass is 27.0. The zero-order valence-corrected chi connectivity index (χ0v) is 10.6. The monoisotopic (exact) mass is 262 g/mol. The van der Waals surface area contributed by atoms with Crippen LogP contribution in [0.15, 0.2) is 0 Å². The molecule has 0 spiro atoms. The molecule has 0 bridgehead atoms. The number of hydrogen-bond acceptors (Lipinski definition) is 3. The molecule has 0 aromatic heterocycles. The molecule has 0 heterocycles. The summed E-state index contributed by atoms with van der Waals surface area (Å²) in [6, 6.07) is 0. The Morgan fingerprint density at radius 3 is 1.71 bits per heavy atom. The smallest absolute Gasteiger partial charge is 0.364 e. The molecular formula is C12H27AlO4. The molecule has 0 aliphatic heterocycles. The first kappa shape index (κ1) is 19.3. The largest absolute Gasteiger partial charge is 0.477 e. The number of carbonyl (C=O) groups is 1. The van der Waals surface area contributed by atoms with Gasteiger partial charge in [-0.3, -0.25) is 0 Å². The molecule has 5 heteroatoms. The zero-order valence-electron chi connectivity index (χ0n) is 10.6. The summed E-state index contributed by atoms with van der Waals surface area (Å²) in [4.78, 5) is 11.2. The summed E-state index contributed by atoms with van der Waals surface area (Å²) in [5.41, 5.74) is 0. The summed E-state index contributed by atoms with van der Waals surface area (Å²) in [6.07, 6.45) is 4.00. The Balaban J connectivity index is 0. The van der Waals surface area contributed by atoms with Gasteiger partial charge in [0.05, 0.1) is 13.2 Å². The normalized spacial score (nSPS) is 11.0. The molecule has 17 heavy (non-hydrogen) atoms. The number of carboxylic acids is 1. The first-order valence-electron chi connectivity index (χ1n) is 6.14. The quantitative estimate of drug-likeness (QED) is 0.369. The van der Waals surface area contributed by atoms with E-state index in [0.29, 0.717) is 19.6 Å². The lowest BCUT2D eigenvalue weighted by Crippen LogP contribution is -2.44. The maximum atomic E-state index is 11.2. The van der Waals surface area contributed by atoms with E-state index in [1.54, 1.807) is 6.92 Å². The van der Waals surface area contributed by atoms with Crippen molar-refractivity contribution in [3.8, 4) is 0 Å². The first-order valence-corrected chi connectivity index (χ1v) is 6.14. The molecule has 0 aliphatic carbocycles. The van der Waals surface area contributed by atoms with E-state index >= 15 is 0 Å². The standard InChI is InChI=1S/C12H24O4.Al.3H/c1-4-7-9-15-12(6-3,11(13)14)16-10-8-5-2;;;;/h4-10H2,1-3H3,(H,13,14);;;;. The van der Waals surface area contributed by atoms with Gasteiger partial charge in [0.2, 0.25) is 0 Å². The number of aliphatic carboxylic acids is 1. The van der Waals surface area contributed by atoms with E-state index in [2.05, 4.69) is 0 Å². The Morgan fingerprint density at radius 1 is 1.06 bits per heavy atom. The van der Waals surface area contributed by atoms with Gasteiger partial charge in [-0.2, -0.15) is 0 Å². The van der Waals surface area contributed by atoms with Crippen molar-refractivity contribution < 1.29 is 19.4 Å². The molecule has 1 N–H and O–H groups in total. The molecule has 0 aromatic carbocycles. The third-order valence-corrected chi connectivity index (χ3v) is 2.46. The molecule has 0 saturated heterocycles. The molecule has 0 rings (SSSR count). The van der Waals surface area contributed by atoms with E-state index in [1.807, 2.05) is 13.8 Å². The number of rotatable bonds is 10. The molecule has 0 fully saturated rings. The molecule has 102 valence electrons. The van der Waals surface area contributed by atoms with Gasteiger partial charge in [0.15, 0.2) is 17.4 Å². The summed E-state index contributed by atoms with van der Waals surface area (Å²) in [5, 5.41) is 9.17. The van der Waals surface area contributed by atoms with Crippen LogP contribution in [0.5, 0.6) is 0 Å². The van der Waals surface area contributed by atoms with Gasteiger partial charge in [-0.1, -0.05) is 33.6 Å². The number of ether oxygens (including phenoxy) is 2. The molecule has 0 amide bonds. The lowest BCUT2D eigenvalue weighted by molar-refractivity contribution is -0.246. The molecule has 0 aromatic rings. The predicted octanol–water partition coefficient (Wildman–Crippen LogP) is 1.63. The number of hydrogen-bond donors (Lipinski definition) is 1. The Hall–Kier alpha value is -0.0775. The SMILES string of the molecule is CCCCOC(CC)(OCCCC)C(=O)O.[AlH3]. The van der Waals surface area contributed by atoms with Crippen molar-refractivity contribution in [1.29, 1.82) is 0 Å². The third-order valence-electron chi connectivity index (χ3n) is 2.46. The Morgan fingerprint density at radius 2 is 1.47 bits per heavy atom. The Kier molecular flexibility index (Phi) is 12.5. The average molecular weight is 262 g/mol. The third kappa shape index (κ3) is 7.05. The maximum absolute atomic E-state index is 11.2. The number of unbranched alkanes of at least 4 members (excludes halogenated alkanes) is 2. The minimum absolute atomic E-state index is 0. The highest BCUT2D eigenvalue weighted by Crippen LogP contribution is 2.19. The van der Waals surface area contributed by atoms with Crippen LogP contribution >= 0.6 is 0 Å². The van der Waals surface area contributed by atoms with Crippen LogP contribution in [0.2, 0.25) is 0 Å². The van der Waals surface area contributed by atoms with Gasteiger partial charge in [0, 0.05) is 6.42 Å². The second-order valence-corrected chi connectivity index (χ2v) is 3.82. The van der Waals surface area contributed by atoms with Crippen molar-refractivity contribution in [1.82, 2.24) is 0 Å². The van der Waals surface area contributed by atoms with Crippen LogP contribution in [0.25, 0.3) is 0 Å². The van der Waals surface area contributed by atoms with E-state index < -0.39 is 11.8 Å². The lowest BCUT2D eigenvalue weighted by atomic mass is 10.2. The van der Waals surface area contributed by atoms with Crippen LogP contribution < -0.4 is 0 Å². The molecule has 0 unspecified atom stereocenters. The fourth-order valence-corrected chi connectivity index (χ4v) is 1.28. The van der Waals surface area contributed by atoms with E-state index in [4.69, 9.17) is 9.47 Å². The van der Waals surface area contributed by atoms with Crippen LogP contribution in [0.1, 0.15) is 52.9 Å². The highest BCUT2D eigenvalue weighted by molar-refractivity contribution is 5.75. The summed E-state index contributed by atoms with van der Waals surface area (Å²) >= 11 is 0. The van der Waals surface area contributed by atoms with Crippen LogP contribution in [0, 0.1) is 0 Å². The second kappa shape index (κ2) is 11.0.